The van der Waals surface area contributed by atoms with Crippen molar-refractivity contribution in [1.29, 1.82) is 0 Å². The summed E-state index contributed by atoms with van der Waals surface area (Å²) in [6.07, 6.45) is 0. The van der Waals surface area contributed by atoms with E-state index in [0.717, 1.165) is 39.3 Å². The number of hydrogen-bond donors (Lipinski definition) is 1. The molecule has 1 N–H and O–H groups in total. The van der Waals surface area contributed by atoms with E-state index in [1.807, 2.05) is 67.5 Å². The average Bonchev–Trinajstić information content (AvgIpc) is 2.96. The van der Waals surface area contributed by atoms with Gasteiger partial charge in [-0.3, -0.25) is 5.21 Å². The highest BCUT2D eigenvalue weighted by molar-refractivity contribution is 6.22. The molecule has 3 heteroatoms. The molecule has 24 heavy (non-hydrogen) atoms. The van der Waals surface area contributed by atoms with Gasteiger partial charge >= 0.3 is 0 Å². The molecule has 0 spiro atoms. The number of benzene rings is 3. The van der Waals surface area contributed by atoms with Crippen LogP contribution < -0.4 is 4.90 Å². The molecule has 1 aliphatic carbocycles. The van der Waals surface area contributed by atoms with Crippen LogP contribution in [0.15, 0.2) is 72.8 Å². The fourth-order valence-electron chi connectivity index (χ4n) is 3.24. The van der Waals surface area contributed by atoms with Crippen LogP contribution in [-0.4, -0.2) is 29.8 Å². The van der Waals surface area contributed by atoms with Gasteiger partial charge in [-0.1, -0.05) is 36.4 Å². The molecule has 0 unspecified atom stereocenters. The molecule has 1 aliphatic rings. The number of nitrogens with zero attached hydrogens (tertiary/aromatic N) is 2. The molecule has 0 saturated carbocycles. The third-order valence-corrected chi connectivity index (χ3v) is 4.48. The minimum Gasteiger partial charge on any atom is -0.378 e. The summed E-state index contributed by atoms with van der Waals surface area (Å²) in [7, 11) is 4.01. The van der Waals surface area contributed by atoms with E-state index in [1.165, 1.54) is 4.74 Å². The van der Waals surface area contributed by atoms with Crippen LogP contribution in [0.25, 0.3) is 11.1 Å². The normalized spacial score (nSPS) is 11.8. The zero-order chi connectivity index (χ0) is 16.7. The summed E-state index contributed by atoms with van der Waals surface area (Å²) >= 11 is 0. The largest absolute Gasteiger partial charge is 0.378 e. The van der Waals surface area contributed by atoms with Gasteiger partial charge in [-0.05, 0) is 35.4 Å². The van der Waals surface area contributed by atoms with Gasteiger partial charge in [-0.15, -0.1) is 0 Å². The van der Waals surface area contributed by atoms with Gasteiger partial charge in [0.1, 0.15) is 0 Å². The Morgan fingerprint density at radius 3 is 1.58 bits per heavy atom. The summed E-state index contributed by atoms with van der Waals surface area (Å²) in [5.41, 5.74) is 7.11. The smallest absolute Gasteiger partial charge is 0.273 e. The maximum Gasteiger partial charge on any atom is 0.273 e. The van der Waals surface area contributed by atoms with E-state index in [1.54, 1.807) is 0 Å². The first-order valence-electron chi connectivity index (χ1n) is 7.99. The molecule has 0 saturated heterocycles. The van der Waals surface area contributed by atoms with Crippen molar-refractivity contribution in [2.24, 2.45) is 0 Å². The Morgan fingerprint density at radius 2 is 1.12 bits per heavy atom. The number of hydrogen-bond acceptors (Lipinski definition) is 2. The van der Waals surface area contributed by atoms with Crippen molar-refractivity contribution < 1.29 is 9.95 Å². The van der Waals surface area contributed by atoms with Crippen LogP contribution in [0.4, 0.5) is 11.4 Å². The molecule has 4 rings (SSSR count). The Morgan fingerprint density at radius 1 is 0.667 bits per heavy atom. The Balaban J connectivity index is 1.92. The van der Waals surface area contributed by atoms with Gasteiger partial charge in [0.05, 0.1) is 11.1 Å². The fraction of sp³-hybridized carbons (Fsp3) is 0.0952. The summed E-state index contributed by atoms with van der Waals surface area (Å²) in [5.74, 6) is 0. The van der Waals surface area contributed by atoms with Crippen molar-refractivity contribution in [2.75, 3.05) is 19.0 Å². The van der Waals surface area contributed by atoms with Gasteiger partial charge in [0.25, 0.3) is 11.4 Å². The number of anilines is 1. The third kappa shape index (κ3) is 2.17. The van der Waals surface area contributed by atoms with Crippen molar-refractivity contribution in [2.45, 2.75) is 0 Å². The second-order valence-corrected chi connectivity index (χ2v) is 6.16. The van der Waals surface area contributed by atoms with Crippen molar-refractivity contribution in [3.05, 3.63) is 83.9 Å². The van der Waals surface area contributed by atoms with Crippen LogP contribution in [0, 0.1) is 0 Å². The van der Waals surface area contributed by atoms with Gasteiger partial charge in [0, 0.05) is 36.7 Å². The molecule has 0 heterocycles. The van der Waals surface area contributed by atoms with Crippen molar-refractivity contribution >= 4 is 17.1 Å². The predicted molar refractivity (Wildman–Crippen MR) is 97.6 cm³/mol. The first-order chi connectivity index (χ1) is 11.7. The minimum absolute atomic E-state index is 0.752. The summed E-state index contributed by atoms with van der Waals surface area (Å²) in [5, 5.41) is 10.9. The summed E-state index contributed by atoms with van der Waals surface area (Å²) in [6, 6.07) is 24.3. The van der Waals surface area contributed by atoms with Crippen LogP contribution in [0.5, 0.6) is 0 Å². The Labute approximate surface area is 141 Å². The number of rotatable bonds is 2. The van der Waals surface area contributed by atoms with E-state index >= 15 is 0 Å². The predicted octanol–water partition coefficient (Wildman–Crippen LogP) is 4.30. The van der Waals surface area contributed by atoms with E-state index in [-0.39, 0.29) is 0 Å². The Kier molecular flexibility index (Phi) is 3.35. The molecule has 0 bridgehead atoms. The van der Waals surface area contributed by atoms with Crippen LogP contribution in [-0.2, 0) is 0 Å². The van der Waals surface area contributed by atoms with Gasteiger partial charge in [0.15, 0.2) is 0 Å². The topological polar surface area (TPSA) is 26.5 Å². The zero-order valence-corrected chi connectivity index (χ0v) is 13.8. The standard InChI is InChI=1S/C21H19N2O/c1-22(2)15-11-13-16(14-12-15)23(24)21-19-9-5-3-7-17(19)18-8-4-6-10-20(18)21/h3-14,24H,1-2H3/q+1. The molecule has 3 nitrogen and oxygen atoms in total. The first-order valence-corrected chi connectivity index (χ1v) is 7.99. The highest BCUT2D eigenvalue weighted by atomic mass is 16.5. The molecule has 0 atom stereocenters. The molecule has 0 aromatic heterocycles. The SMILES string of the molecule is CN(C)c1ccc([N+](O)=C2c3ccccc3-c3ccccc32)cc1. The van der Waals surface area contributed by atoms with Crippen molar-refractivity contribution in [1.82, 2.24) is 0 Å². The van der Waals surface area contributed by atoms with Gasteiger partial charge in [-0.2, -0.15) is 0 Å². The highest BCUT2D eigenvalue weighted by Gasteiger charge is 2.33. The quantitative estimate of drug-likeness (QED) is 0.339. The zero-order valence-electron chi connectivity index (χ0n) is 13.8. The Bertz CT molecular complexity index is 893. The second-order valence-electron chi connectivity index (χ2n) is 6.16. The second kappa shape index (κ2) is 5.53. The fourth-order valence-corrected chi connectivity index (χ4v) is 3.24. The molecule has 3 aromatic carbocycles. The molecule has 0 radical (unpaired) electrons. The molecule has 118 valence electrons. The maximum atomic E-state index is 10.9. The first kappa shape index (κ1) is 14.5. The van der Waals surface area contributed by atoms with E-state index in [0.29, 0.717) is 0 Å². The van der Waals surface area contributed by atoms with Crippen LogP contribution in [0.3, 0.4) is 0 Å². The van der Waals surface area contributed by atoms with Gasteiger partial charge in [0.2, 0.25) is 0 Å². The summed E-state index contributed by atoms with van der Waals surface area (Å²) in [4.78, 5) is 2.04. The van der Waals surface area contributed by atoms with E-state index < -0.39 is 0 Å². The lowest BCUT2D eigenvalue weighted by atomic mass is 10.1. The van der Waals surface area contributed by atoms with E-state index in [2.05, 4.69) is 24.3 Å². The lowest BCUT2D eigenvalue weighted by molar-refractivity contribution is -0.712. The van der Waals surface area contributed by atoms with Crippen LogP contribution in [0.1, 0.15) is 11.1 Å². The maximum absolute atomic E-state index is 10.9. The van der Waals surface area contributed by atoms with Gasteiger partial charge in [-0.25, -0.2) is 0 Å². The van der Waals surface area contributed by atoms with Crippen LogP contribution >= 0.6 is 0 Å². The average molecular weight is 315 g/mol. The minimum atomic E-state index is 0.752. The molecule has 0 fully saturated rings. The third-order valence-electron chi connectivity index (χ3n) is 4.48. The molecular weight excluding hydrogens is 296 g/mol. The molecule has 0 aliphatic heterocycles. The van der Waals surface area contributed by atoms with Crippen LogP contribution in [0.2, 0.25) is 0 Å². The molecular formula is C21H19N2O+. The summed E-state index contributed by atoms with van der Waals surface area (Å²) in [6.45, 7) is 0. The van der Waals surface area contributed by atoms with Gasteiger partial charge < -0.3 is 4.90 Å². The number of fused-ring (bicyclic) bond motifs is 3. The van der Waals surface area contributed by atoms with E-state index in [4.69, 9.17) is 0 Å². The van der Waals surface area contributed by atoms with E-state index in [9.17, 15) is 5.21 Å². The van der Waals surface area contributed by atoms with Crippen molar-refractivity contribution in [3.63, 3.8) is 0 Å². The Hall–Kier alpha value is -3.07. The lowest BCUT2D eigenvalue weighted by Gasteiger charge is -2.11. The highest BCUT2D eigenvalue weighted by Crippen LogP contribution is 2.37. The summed E-state index contributed by atoms with van der Waals surface area (Å²) < 4.78 is 1.30. The monoisotopic (exact) mass is 315 g/mol. The lowest BCUT2D eigenvalue weighted by Crippen LogP contribution is -2.14. The van der Waals surface area contributed by atoms with Crippen molar-refractivity contribution in [3.8, 4) is 11.1 Å². The molecule has 0 amide bonds. The molecule has 3 aromatic rings.